The third-order valence-corrected chi connectivity index (χ3v) is 5.61. The number of hydrogen-bond donors (Lipinski definition) is 0. The van der Waals surface area contributed by atoms with Crippen LogP contribution in [-0.2, 0) is 13.1 Å². The fourth-order valence-corrected chi connectivity index (χ4v) is 3.55. The van der Waals surface area contributed by atoms with E-state index in [-0.39, 0.29) is 11.9 Å². The van der Waals surface area contributed by atoms with E-state index in [2.05, 4.69) is 24.5 Å². The van der Waals surface area contributed by atoms with Gasteiger partial charge in [0, 0.05) is 40.1 Å². The maximum atomic E-state index is 13.2. The molecule has 0 fully saturated rings. The maximum Gasteiger partial charge on any atom is 0.254 e. The van der Waals surface area contributed by atoms with Gasteiger partial charge in [-0.1, -0.05) is 54.4 Å². The zero-order chi connectivity index (χ0) is 20.1. The third kappa shape index (κ3) is 4.78. The van der Waals surface area contributed by atoms with E-state index >= 15 is 0 Å². The Bertz CT molecular complexity index is 951. The summed E-state index contributed by atoms with van der Waals surface area (Å²) in [7, 11) is 0. The minimum atomic E-state index is -0.0117. The summed E-state index contributed by atoms with van der Waals surface area (Å²) in [4.78, 5) is 15.1. The number of aromatic nitrogens is 1. The lowest BCUT2D eigenvalue weighted by Crippen LogP contribution is -2.38. The van der Waals surface area contributed by atoms with Gasteiger partial charge >= 0.3 is 0 Å². The van der Waals surface area contributed by atoms with Crippen molar-refractivity contribution in [3.63, 3.8) is 0 Å². The van der Waals surface area contributed by atoms with E-state index in [0.717, 1.165) is 22.7 Å². The summed E-state index contributed by atoms with van der Waals surface area (Å²) >= 11 is 12.4. The lowest BCUT2D eigenvalue weighted by molar-refractivity contribution is 0.0667. The Hall–Kier alpha value is -2.23. The molecule has 146 valence electrons. The number of amides is 1. The third-order valence-electron chi connectivity index (χ3n) is 5.01. The lowest BCUT2D eigenvalue weighted by Gasteiger charge is -2.29. The average Bonchev–Trinajstić information content (AvgIpc) is 3.13. The van der Waals surface area contributed by atoms with E-state index in [1.807, 2.05) is 53.6 Å². The van der Waals surface area contributed by atoms with Crippen LogP contribution in [0.15, 0.2) is 66.9 Å². The number of carbonyl (C=O) groups is 1. The molecule has 0 spiro atoms. The highest BCUT2D eigenvalue weighted by Gasteiger charge is 2.22. The van der Waals surface area contributed by atoms with Gasteiger partial charge in [-0.3, -0.25) is 4.79 Å². The second kappa shape index (κ2) is 9.31. The summed E-state index contributed by atoms with van der Waals surface area (Å²) < 4.78 is 2.14. The molecular weight excluding hydrogens is 391 g/mol. The van der Waals surface area contributed by atoms with Crippen molar-refractivity contribution in [3.8, 4) is 0 Å². The van der Waals surface area contributed by atoms with Gasteiger partial charge < -0.3 is 9.47 Å². The van der Waals surface area contributed by atoms with E-state index in [4.69, 9.17) is 23.2 Å². The number of benzene rings is 2. The number of halogens is 2. The van der Waals surface area contributed by atoms with E-state index in [9.17, 15) is 4.79 Å². The van der Waals surface area contributed by atoms with E-state index in [0.29, 0.717) is 23.7 Å². The summed E-state index contributed by atoms with van der Waals surface area (Å²) in [6.45, 7) is 5.36. The zero-order valence-electron chi connectivity index (χ0n) is 16.1. The van der Waals surface area contributed by atoms with Crippen molar-refractivity contribution >= 4 is 29.1 Å². The first-order chi connectivity index (χ1) is 13.5. The molecule has 28 heavy (non-hydrogen) atoms. The van der Waals surface area contributed by atoms with Crippen LogP contribution in [0.3, 0.4) is 0 Å². The zero-order valence-corrected chi connectivity index (χ0v) is 17.6. The molecular formula is C23H24Cl2N2O. The first-order valence-electron chi connectivity index (χ1n) is 9.43. The molecule has 0 bridgehead atoms. The molecule has 2 aromatic carbocycles. The maximum absolute atomic E-state index is 13.2. The van der Waals surface area contributed by atoms with Crippen molar-refractivity contribution in [1.29, 1.82) is 0 Å². The lowest BCUT2D eigenvalue weighted by atomic mass is 10.1. The molecule has 1 unspecified atom stereocenters. The van der Waals surface area contributed by atoms with Crippen molar-refractivity contribution in [2.75, 3.05) is 0 Å². The monoisotopic (exact) mass is 414 g/mol. The smallest absolute Gasteiger partial charge is 0.254 e. The molecule has 0 aliphatic rings. The summed E-state index contributed by atoms with van der Waals surface area (Å²) in [5, 5.41) is 1.31. The van der Waals surface area contributed by atoms with Crippen molar-refractivity contribution in [2.24, 2.45) is 0 Å². The minimum absolute atomic E-state index is 0.0117. The van der Waals surface area contributed by atoms with Gasteiger partial charge in [-0.25, -0.2) is 0 Å². The molecule has 0 radical (unpaired) electrons. The van der Waals surface area contributed by atoms with Crippen molar-refractivity contribution in [2.45, 2.75) is 39.4 Å². The quantitative estimate of drug-likeness (QED) is 0.446. The number of rotatable bonds is 7. The highest BCUT2D eigenvalue weighted by Crippen LogP contribution is 2.21. The fourth-order valence-electron chi connectivity index (χ4n) is 3.17. The Kier molecular flexibility index (Phi) is 6.82. The van der Waals surface area contributed by atoms with Gasteiger partial charge in [-0.15, -0.1) is 0 Å². The van der Waals surface area contributed by atoms with E-state index in [1.165, 1.54) is 0 Å². The molecule has 5 heteroatoms. The van der Waals surface area contributed by atoms with Gasteiger partial charge in [0.25, 0.3) is 5.91 Å². The van der Waals surface area contributed by atoms with Crippen LogP contribution in [0.1, 0.15) is 41.9 Å². The van der Waals surface area contributed by atoms with Gasteiger partial charge in [-0.05, 0) is 55.3 Å². The van der Waals surface area contributed by atoms with Gasteiger partial charge in [0.1, 0.15) is 0 Å². The first kappa shape index (κ1) is 20.5. The number of hydrogen-bond acceptors (Lipinski definition) is 1. The fraction of sp³-hybridized carbons (Fsp3) is 0.261. The van der Waals surface area contributed by atoms with Crippen LogP contribution in [0.5, 0.6) is 0 Å². The normalized spacial score (nSPS) is 12.0. The van der Waals surface area contributed by atoms with Crippen molar-refractivity contribution < 1.29 is 4.79 Å². The molecule has 3 aromatic rings. The largest absolute Gasteiger partial charge is 0.345 e. The standard InChI is InChI=1S/C23H24Cl2N2O/c1-3-17(2)27(23(28)18-9-6-10-20(24)14-18)16-21-11-7-13-26(21)15-19-8-4-5-12-22(19)25/h4-14,17H,3,15-16H2,1-2H3. The van der Waals surface area contributed by atoms with E-state index < -0.39 is 0 Å². The molecule has 3 nitrogen and oxygen atoms in total. The summed E-state index contributed by atoms with van der Waals surface area (Å²) in [5.41, 5.74) is 2.73. The van der Waals surface area contributed by atoms with Crippen LogP contribution in [0, 0.1) is 0 Å². The van der Waals surface area contributed by atoms with Gasteiger partial charge in [0.15, 0.2) is 0 Å². The molecule has 1 amide bonds. The SMILES string of the molecule is CCC(C)N(Cc1cccn1Cc1ccccc1Cl)C(=O)c1cccc(Cl)c1. The topological polar surface area (TPSA) is 25.2 Å². The highest BCUT2D eigenvalue weighted by atomic mass is 35.5. The molecule has 1 atom stereocenters. The summed E-state index contributed by atoms with van der Waals surface area (Å²) in [6.07, 6.45) is 2.90. The molecule has 0 saturated carbocycles. The number of carbonyl (C=O) groups excluding carboxylic acids is 1. The van der Waals surface area contributed by atoms with Crippen molar-refractivity contribution in [3.05, 3.63) is 93.7 Å². The minimum Gasteiger partial charge on any atom is -0.345 e. The second-order valence-electron chi connectivity index (χ2n) is 6.92. The van der Waals surface area contributed by atoms with E-state index in [1.54, 1.807) is 12.1 Å². The molecule has 0 N–H and O–H groups in total. The predicted molar refractivity (Wildman–Crippen MR) is 116 cm³/mol. The summed E-state index contributed by atoms with van der Waals surface area (Å²) in [6, 6.07) is 19.1. The Balaban J connectivity index is 1.85. The molecule has 3 rings (SSSR count). The Morgan fingerprint density at radius 1 is 1.07 bits per heavy atom. The summed E-state index contributed by atoms with van der Waals surface area (Å²) in [5.74, 6) is -0.0117. The van der Waals surface area contributed by atoms with Gasteiger partial charge in [0.2, 0.25) is 0 Å². The van der Waals surface area contributed by atoms with Crippen LogP contribution >= 0.6 is 23.2 Å². The molecule has 0 saturated heterocycles. The predicted octanol–water partition coefficient (Wildman–Crippen LogP) is 6.28. The Morgan fingerprint density at radius 2 is 1.86 bits per heavy atom. The molecule has 0 aliphatic carbocycles. The van der Waals surface area contributed by atoms with Crippen LogP contribution in [0.4, 0.5) is 0 Å². The van der Waals surface area contributed by atoms with Crippen molar-refractivity contribution in [1.82, 2.24) is 9.47 Å². The van der Waals surface area contributed by atoms with Crippen LogP contribution in [0.25, 0.3) is 0 Å². The Labute approximate surface area is 176 Å². The number of nitrogens with zero attached hydrogens (tertiary/aromatic N) is 2. The molecule has 1 heterocycles. The van der Waals surface area contributed by atoms with Gasteiger partial charge in [-0.2, -0.15) is 0 Å². The highest BCUT2D eigenvalue weighted by molar-refractivity contribution is 6.31. The molecule has 1 aromatic heterocycles. The first-order valence-corrected chi connectivity index (χ1v) is 10.2. The molecule has 0 aliphatic heterocycles. The second-order valence-corrected chi connectivity index (χ2v) is 7.76. The Morgan fingerprint density at radius 3 is 2.57 bits per heavy atom. The van der Waals surface area contributed by atoms with Crippen LogP contribution in [-0.4, -0.2) is 21.4 Å². The van der Waals surface area contributed by atoms with Gasteiger partial charge in [0.05, 0.1) is 6.54 Å². The van der Waals surface area contributed by atoms with Crippen LogP contribution in [0.2, 0.25) is 10.0 Å². The average molecular weight is 415 g/mol. The van der Waals surface area contributed by atoms with Crippen LogP contribution < -0.4 is 0 Å².